The maximum atomic E-state index is 5.30. The van der Waals surface area contributed by atoms with Crippen molar-refractivity contribution in [1.82, 2.24) is 4.98 Å². The van der Waals surface area contributed by atoms with Crippen molar-refractivity contribution < 1.29 is 0 Å². The van der Waals surface area contributed by atoms with E-state index in [0.717, 1.165) is 10.8 Å². The molecule has 1 aromatic carbocycles. The molecule has 2 aromatic rings. The molecule has 0 saturated carbocycles. The average molecular weight is 191 g/mol. The number of aromatic nitrogens is 1. The van der Waals surface area contributed by atoms with Crippen LogP contribution < -0.4 is 23.0 Å². The second-order valence-corrected chi connectivity index (χ2v) is 2.53. The van der Waals surface area contributed by atoms with E-state index in [1.54, 1.807) is 6.20 Å². The fourth-order valence-electron chi connectivity index (χ4n) is 1.23. The van der Waals surface area contributed by atoms with Crippen molar-refractivity contribution >= 4 is 16.6 Å². The van der Waals surface area contributed by atoms with Gasteiger partial charge in [0.1, 0.15) is 5.82 Å². The lowest BCUT2D eigenvalue weighted by Crippen LogP contribution is -2.08. The van der Waals surface area contributed by atoms with Gasteiger partial charge in [-0.15, -0.1) is 0 Å². The van der Waals surface area contributed by atoms with Gasteiger partial charge in [-0.05, 0) is 11.5 Å². The molecular weight excluding hydrogens is 178 g/mol. The van der Waals surface area contributed by atoms with Gasteiger partial charge in [0.15, 0.2) is 0 Å². The Morgan fingerprint density at radius 3 is 2.50 bits per heavy atom. The van der Waals surface area contributed by atoms with Crippen LogP contribution in [0.4, 0.5) is 5.82 Å². The number of nitrogens with one attached hydrogen (secondary N) is 1. The fraction of sp³-hybridized carbons (Fsp3) is 0. The number of hydrogen-bond donors (Lipinski definition) is 4. The van der Waals surface area contributed by atoms with E-state index < -0.39 is 0 Å². The van der Waals surface area contributed by atoms with Crippen LogP contribution in [0.5, 0.6) is 0 Å². The second-order valence-electron chi connectivity index (χ2n) is 2.53. The highest BCUT2D eigenvalue weighted by molar-refractivity contribution is 5.91. The predicted molar refractivity (Wildman–Crippen MR) is 57.9 cm³/mol. The molecule has 1 aromatic heterocycles. The number of rotatable bonds is 1. The first-order valence-electron chi connectivity index (χ1n) is 4.05. The average Bonchev–Trinajstić information content (AvgIpc) is 2.31. The summed E-state index contributed by atoms with van der Waals surface area (Å²) in [6.07, 6.45) is 1.73. The Kier molecular flexibility index (Phi) is 3.81. The summed E-state index contributed by atoms with van der Waals surface area (Å²) in [7, 11) is 0. The lowest BCUT2D eigenvalue weighted by molar-refractivity contribution is 1.25. The largest absolute Gasteiger partial charge is 0.308 e. The zero-order valence-electron chi connectivity index (χ0n) is 7.64. The first-order chi connectivity index (χ1) is 6.92. The van der Waals surface area contributed by atoms with Crippen molar-refractivity contribution in [3.05, 3.63) is 36.5 Å². The summed E-state index contributed by atoms with van der Waals surface area (Å²) in [4.78, 5) is 4.09. The first-order valence-corrected chi connectivity index (χ1v) is 4.05. The molecule has 0 aliphatic carbocycles. The van der Waals surface area contributed by atoms with E-state index in [0.29, 0.717) is 5.82 Å². The molecule has 0 bridgehead atoms. The Bertz CT molecular complexity index is 396. The molecule has 0 aliphatic rings. The van der Waals surface area contributed by atoms with Crippen molar-refractivity contribution in [2.24, 2.45) is 17.5 Å². The van der Waals surface area contributed by atoms with Gasteiger partial charge < -0.3 is 5.43 Å². The summed E-state index contributed by atoms with van der Waals surface area (Å²) >= 11 is 0. The van der Waals surface area contributed by atoms with Crippen LogP contribution in [-0.2, 0) is 0 Å². The maximum absolute atomic E-state index is 5.30. The molecule has 74 valence electrons. The third-order valence-electron chi connectivity index (χ3n) is 1.81. The molecule has 1 heterocycles. The predicted octanol–water partition coefficient (Wildman–Crippen LogP) is 0.339. The van der Waals surface area contributed by atoms with Gasteiger partial charge in [0, 0.05) is 11.6 Å². The van der Waals surface area contributed by atoms with Gasteiger partial charge in [0.05, 0.1) is 0 Å². The molecule has 5 nitrogen and oxygen atoms in total. The minimum Gasteiger partial charge on any atom is -0.308 e. The van der Waals surface area contributed by atoms with Gasteiger partial charge in [-0.2, -0.15) is 0 Å². The van der Waals surface area contributed by atoms with E-state index in [1.807, 2.05) is 30.3 Å². The van der Waals surface area contributed by atoms with Crippen molar-refractivity contribution in [3.63, 3.8) is 0 Å². The summed E-state index contributed by atoms with van der Waals surface area (Å²) < 4.78 is 0. The molecule has 14 heavy (non-hydrogen) atoms. The lowest BCUT2D eigenvalue weighted by Gasteiger charge is -2.02. The summed E-state index contributed by atoms with van der Waals surface area (Å²) in [5, 5.41) is 2.18. The molecule has 0 aliphatic heterocycles. The molecule has 0 fully saturated rings. The zero-order chi connectivity index (χ0) is 10.4. The standard InChI is InChI=1S/C9H9N3.H4N2/c10-12-9-8-4-2-1-3-7(8)5-6-11-9;1-2/h1-6H,10H2,(H,11,12);1-2H2. The molecule has 0 spiro atoms. The van der Waals surface area contributed by atoms with E-state index in [4.69, 9.17) is 5.84 Å². The monoisotopic (exact) mass is 191 g/mol. The van der Waals surface area contributed by atoms with Crippen LogP contribution in [-0.4, -0.2) is 4.98 Å². The van der Waals surface area contributed by atoms with Gasteiger partial charge in [0.2, 0.25) is 0 Å². The first kappa shape index (κ1) is 10.4. The third-order valence-corrected chi connectivity index (χ3v) is 1.81. The molecule has 5 heteroatoms. The normalized spacial score (nSPS) is 9.07. The number of nitrogens with zero attached hydrogens (tertiary/aromatic N) is 1. The van der Waals surface area contributed by atoms with Crippen LogP contribution in [0.3, 0.4) is 0 Å². The van der Waals surface area contributed by atoms with Crippen LogP contribution >= 0.6 is 0 Å². The van der Waals surface area contributed by atoms with Crippen molar-refractivity contribution in [2.75, 3.05) is 5.43 Å². The molecule has 0 atom stereocenters. The fourth-order valence-corrected chi connectivity index (χ4v) is 1.23. The SMILES string of the molecule is NN.NNc1nccc2ccccc12. The van der Waals surface area contributed by atoms with E-state index >= 15 is 0 Å². The van der Waals surface area contributed by atoms with E-state index in [9.17, 15) is 0 Å². The smallest absolute Gasteiger partial charge is 0.147 e. The molecule has 0 radical (unpaired) electrons. The number of hydrogen-bond acceptors (Lipinski definition) is 5. The molecule has 0 saturated heterocycles. The third kappa shape index (κ3) is 1.97. The van der Waals surface area contributed by atoms with Crippen molar-refractivity contribution in [3.8, 4) is 0 Å². The number of hydrazine groups is 2. The Morgan fingerprint density at radius 1 is 1.07 bits per heavy atom. The summed E-state index contributed by atoms with van der Waals surface area (Å²) in [6, 6.07) is 9.92. The summed E-state index contributed by atoms with van der Waals surface area (Å²) in [6.45, 7) is 0. The van der Waals surface area contributed by atoms with Gasteiger partial charge >= 0.3 is 0 Å². The Labute approximate surface area is 81.8 Å². The van der Waals surface area contributed by atoms with Crippen LogP contribution in [0.25, 0.3) is 10.8 Å². The number of benzene rings is 1. The van der Waals surface area contributed by atoms with Crippen LogP contribution in [0.15, 0.2) is 36.5 Å². The molecule has 0 unspecified atom stereocenters. The number of nitrogen functional groups attached to an aromatic ring is 1. The highest BCUT2D eigenvalue weighted by Crippen LogP contribution is 2.18. The van der Waals surface area contributed by atoms with E-state index in [1.165, 1.54) is 0 Å². The minimum absolute atomic E-state index is 0.716. The Balaban J connectivity index is 0.000000461. The van der Waals surface area contributed by atoms with Gasteiger partial charge in [0.25, 0.3) is 0 Å². The lowest BCUT2D eigenvalue weighted by atomic mass is 10.2. The zero-order valence-corrected chi connectivity index (χ0v) is 7.64. The highest BCUT2D eigenvalue weighted by Gasteiger charge is 1.97. The maximum Gasteiger partial charge on any atom is 0.147 e. The highest BCUT2D eigenvalue weighted by atomic mass is 15.2. The van der Waals surface area contributed by atoms with Crippen LogP contribution in [0.1, 0.15) is 0 Å². The van der Waals surface area contributed by atoms with Crippen molar-refractivity contribution in [1.29, 1.82) is 0 Å². The number of anilines is 1. The topological polar surface area (TPSA) is 103 Å². The van der Waals surface area contributed by atoms with Gasteiger partial charge in [-0.25, -0.2) is 10.8 Å². The molecular formula is C9H13N5. The van der Waals surface area contributed by atoms with Crippen LogP contribution in [0, 0.1) is 0 Å². The molecule has 7 N–H and O–H groups in total. The van der Waals surface area contributed by atoms with Gasteiger partial charge in [-0.1, -0.05) is 24.3 Å². The number of pyridine rings is 1. The summed E-state index contributed by atoms with van der Waals surface area (Å²) in [5.74, 6) is 14.0. The van der Waals surface area contributed by atoms with Gasteiger partial charge in [-0.3, -0.25) is 11.7 Å². The molecule has 2 rings (SSSR count). The second kappa shape index (κ2) is 5.13. The minimum atomic E-state index is 0.716. The Hall–Kier alpha value is -1.69. The van der Waals surface area contributed by atoms with Crippen molar-refractivity contribution in [2.45, 2.75) is 0 Å². The van der Waals surface area contributed by atoms with Crippen LogP contribution in [0.2, 0.25) is 0 Å². The quantitative estimate of drug-likeness (QED) is 0.384. The number of fused-ring (bicyclic) bond motifs is 1. The molecule has 0 amide bonds. The summed E-state index contributed by atoms with van der Waals surface area (Å²) in [5.41, 5.74) is 2.56. The van der Waals surface area contributed by atoms with E-state index in [2.05, 4.69) is 22.1 Å². The Morgan fingerprint density at radius 2 is 1.79 bits per heavy atom. The number of nitrogens with two attached hydrogens (primary N) is 3. The van der Waals surface area contributed by atoms with E-state index in [-0.39, 0.29) is 0 Å².